The Morgan fingerprint density at radius 2 is 1.43 bits per heavy atom. The summed E-state index contributed by atoms with van der Waals surface area (Å²) < 4.78 is 64.0. The Balaban J connectivity index is 2.21. The SMILES string of the molecule is O=C(Cc1c(F)cccc1F)c1ccc(C(F)(F)F)cc1. The van der Waals surface area contributed by atoms with Gasteiger partial charge in [-0.1, -0.05) is 18.2 Å². The van der Waals surface area contributed by atoms with Crippen molar-refractivity contribution in [1.82, 2.24) is 0 Å². The van der Waals surface area contributed by atoms with Crippen LogP contribution in [-0.2, 0) is 12.6 Å². The number of benzene rings is 2. The number of hydrogen-bond acceptors (Lipinski definition) is 1. The molecule has 2 rings (SSSR count). The molecule has 110 valence electrons. The summed E-state index contributed by atoms with van der Waals surface area (Å²) in [7, 11) is 0. The zero-order chi connectivity index (χ0) is 15.6. The number of rotatable bonds is 3. The largest absolute Gasteiger partial charge is 0.416 e. The van der Waals surface area contributed by atoms with E-state index in [0.717, 1.165) is 42.5 Å². The highest BCUT2D eigenvalue weighted by atomic mass is 19.4. The second-order valence-electron chi connectivity index (χ2n) is 4.38. The zero-order valence-corrected chi connectivity index (χ0v) is 10.5. The van der Waals surface area contributed by atoms with E-state index >= 15 is 0 Å². The first-order valence-corrected chi connectivity index (χ1v) is 5.92. The summed E-state index contributed by atoms with van der Waals surface area (Å²) in [5.74, 6) is -2.39. The second kappa shape index (κ2) is 5.63. The molecule has 0 unspecified atom stereocenters. The minimum atomic E-state index is -4.50. The number of hydrogen-bond donors (Lipinski definition) is 0. The number of halogens is 5. The van der Waals surface area contributed by atoms with Crippen LogP contribution in [0.1, 0.15) is 21.5 Å². The highest BCUT2D eigenvalue weighted by Gasteiger charge is 2.30. The molecule has 21 heavy (non-hydrogen) atoms. The summed E-state index contributed by atoms with van der Waals surface area (Å²) in [5.41, 5.74) is -1.33. The quantitative estimate of drug-likeness (QED) is 0.606. The lowest BCUT2D eigenvalue weighted by atomic mass is 10.0. The van der Waals surface area contributed by atoms with Gasteiger partial charge in [0.2, 0.25) is 0 Å². The van der Waals surface area contributed by atoms with E-state index in [-0.39, 0.29) is 5.56 Å². The Kier molecular flexibility index (Phi) is 4.06. The van der Waals surface area contributed by atoms with Crippen LogP contribution in [0.4, 0.5) is 22.0 Å². The van der Waals surface area contributed by atoms with Crippen LogP contribution < -0.4 is 0 Å². The molecule has 0 aliphatic heterocycles. The molecule has 0 aliphatic carbocycles. The highest BCUT2D eigenvalue weighted by molar-refractivity contribution is 5.97. The summed E-state index contributed by atoms with van der Waals surface area (Å²) in [6, 6.07) is 6.68. The predicted octanol–water partition coefficient (Wildman–Crippen LogP) is 4.41. The number of carbonyl (C=O) groups is 1. The van der Waals surface area contributed by atoms with Crippen molar-refractivity contribution in [1.29, 1.82) is 0 Å². The maximum absolute atomic E-state index is 13.4. The first-order chi connectivity index (χ1) is 9.79. The van der Waals surface area contributed by atoms with Crippen LogP contribution in [0.3, 0.4) is 0 Å². The minimum absolute atomic E-state index is 0.0364. The van der Waals surface area contributed by atoms with E-state index < -0.39 is 41.1 Å². The molecule has 0 radical (unpaired) electrons. The molecule has 0 saturated heterocycles. The van der Waals surface area contributed by atoms with E-state index in [9.17, 15) is 26.7 Å². The molecule has 0 aromatic heterocycles. The Labute approximate surface area is 117 Å². The molecule has 6 heteroatoms. The maximum atomic E-state index is 13.4. The molecular formula is C15H9F5O. The third kappa shape index (κ3) is 3.45. The van der Waals surface area contributed by atoms with Crippen LogP contribution in [0.5, 0.6) is 0 Å². The van der Waals surface area contributed by atoms with Crippen LogP contribution in [-0.4, -0.2) is 5.78 Å². The molecule has 0 saturated carbocycles. The van der Waals surface area contributed by atoms with Crippen LogP contribution in [0.15, 0.2) is 42.5 Å². The van der Waals surface area contributed by atoms with Crippen molar-refractivity contribution in [3.63, 3.8) is 0 Å². The van der Waals surface area contributed by atoms with Crippen molar-refractivity contribution in [3.05, 3.63) is 70.8 Å². The summed E-state index contributed by atoms with van der Waals surface area (Å²) in [5, 5.41) is 0. The van der Waals surface area contributed by atoms with Crippen molar-refractivity contribution in [2.24, 2.45) is 0 Å². The van der Waals surface area contributed by atoms with Crippen LogP contribution in [0, 0.1) is 11.6 Å². The fraction of sp³-hybridized carbons (Fsp3) is 0.133. The van der Waals surface area contributed by atoms with Gasteiger partial charge in [-0.2, -0.15) is 13.2 Å². The topological polar surface area (TPSA) is 17.1 Å². The smallest absolute Gasteiger partial charge is 0.294 e. The van der Waals surface area contributed by atoms with Gasteiger partial charge in [0.25, 0.3) is 0 Å². The first-order valence-electron chi connectivity index (χ1n) is 5.92. The predicted molar refractivity (Wildman–Crippen MR) is 65.8 cm³/mol. The van der Waals surface area contributed by atoms with Crippen LogP contribution in [0.25, 0.3) is 0 Å². The van der Waals surface area contributed by atoms with Crippen LogP contribution >= 0.6 is 0 Å². The molecule has 1 nitrogen and oxygen atoms in total. The summed E-state index contributed by atoms with van der Waals surface area (Å²) in [6.07, 6.45) is -5.05. The molecule has 0 atom stereocenters. The van der Waals surface area contributed by atoms with Gasteiger partial charge >= 0.3 is 6.18 Å². The van der Waals surface area contributed by atoms with Gasteiger partial charge in [-0.15, -0.1) is 0 Å². The number of ketones is 1. The lowest BCUT2D eigenvalue weighted by Crippen LogP contribution is -2.09. The molecule has 2 aromatic rings. The van der Waals surface area contributed by atoms with Gasteiger partial charge in [0.1, 0.15) is 11.6 Å². The van der Waals surface area contributed by atoms with E-state index in [2.05, 4.69) is 0 Å². The minimum Gasteiger partial charge on any atom is -0.294 e. The molecular weight excluding hydrogens is 291 g/mol. The highest BCUT2D eigenvalue weighted by Crippen LogP contribution is 2.29. The van der Waals surface area contributed by atoms with E-state index in [1.54, 1.807) is 0 Å². The maximum Gasteiger partial charge on any atom is 0.416 e. The lowest BCUT2D eigenvalue weighted by molar-refractivity contribution is -0.137. The first kappa shape index (κ1) is 15.2. The Morgan fingerprint density at radius 3 is 1.90 bits per heavy atom. The molecule has 0 aliphatic rings. The average molecular weight is 300 g/mol. The summed E-state index contributed by atoms with van der Waals surface area (Å²) >= 11 is 0. The summed E-state index contributed by atoms with van der Waals surface area (Å²) in [4.78, 5) is 11.9. The fourth-order valence-electron chi connectivity index (χ4n) is 1.81. The van der Waals surface area contributed by atoms with Crippen molar-refractivity contribution in [3.8, 4) is 0 Å². The lowest BCUT2D eigenvalue weighted by Gasteiger charge is -2.08. The van der Waals surface area contributed by atoms with E-state index in [1.807, 2.05) is 0 Å². The van der Waals surface area contributed by atoms with Gasteiger partial charge in [-0.25, -0.2) is 8.78 Å². The monoisotopic (exact) mass is 300 g/mol. The van der Waals surface area contributed by atoms with Gasteiger partial charge in [0.15, 0.2) is 5.78 Å². The number of alkyl halides is 3. The second-order valence-corrected chi connectivity index (χ2v) is 4.38. The van der Waals surface area contributed by atoms with Gasteiger partial charge in [0.05, 0.1) is 5.56 Å². The molecule has 0 bridgehead atoms. The van der Waals surface area contributed by atoms with Crippen LogP contribution in [0.2, 0.25) is 0 Å². The molecule has 0 spiro atoms. The van der Waals surface area contributed by atoms with E-state index in [1.165, 1.54) is 0 Å². The number of carbonyl (C=O) groups excluding carboxylic acids is 1. The third-order valence-corrected chi connectivity index (χ3v) is 2.93. The van der Waals surface area contributed by atoms with Crippen molar-refractivity contribution < 1.29 is 26.7 Å². The molecule has 0 heterocycles. The number of Topliss-reactive ketones (excluding diaryl/α,β-unsaturated/α-hetero) is 1. The summed E-state index contributed by atoms with van der Waals surface area (Å²) in [6.45, 7) is 0. The van der Waals surface area contributed by atoms with Gasteiger partial charge < -0.3 is 0 Å². The Hall–Kier alpha value is -2.24. The van der Waals surface area contributed by atoms with Crippen molar-refractivity contribution in [2.75, 3.05) is 0 Å². The third-order valence-electron chi connectivity index (χ3n) is 2.93. The van der Waals surface area contributed by atoms with Gasteiger partial charge in [-0.05, 0) is 24.3 Å². The fourth-order valence-corrected chi connectivity index (χ4v) is 1.81. The van der Waals surface area contributed by atoms with E-state index in [4.69, 9.17) is 0 Å². The van der Waals surface area contributed by atoms with Crippen molar-refractivity contribution >= 4 is 5.78 Å². The standard InChI is InChI=1S/C15H9F5O/c16-12-2-1-3-13(17)11(12)8-14(21)9-4-6-10(7-5-9)15(18,19)20/h1-7H,8H2. The molecule has 0 N–H and O–H groups in total. The van der Waals surface area contributed by atoms with E-state index in [0.29, 0.717) is 0 Å². The normalized spacial score (nSPS) is 11.5. The average Bonchev–Trinajstić information content (AvgIpc) is 2.42. The van der Waals surface area contributed by atoms with Gasteiger partial charge in [0, 0.05) is 17.5 Å². The molecule has 0 fully saturated rings. The zero-order valence-electron chi connectivity index (χ0n) is 10.5. The molecule has 0 amide bonds. The molecule has 2 aromatic carbocycles. The Morgan fingerprint density at radius 1 is 0.905 bits per heavy atom. The van der Waals surface area contributed by atoms with Crippen molar-refractivity contribution in [2.45, 2.75) is 12.6 Å². The van der Waals surface area contributed by atoms with Gasteiger partial charge in [-0.3, -0.25) is 4.79 Å². The Bertz CT molecular complexity index is 639.